The number of anilines is 1. The molecular formula is C29H27FN6O6S. The van der Waals surface area contributed by atoms with E-state index in [1.807, 2.05) is 19.1 Å². The predicted octanol–water partition coefficient (Wildman–Crippen LogP) is 4.50. The van der Waals surface area contributed by atoms with Crippen LogP contribution in [0.25, 0.3) is 31.8 Å². The second-order valence-corrected chi connectivity index (χ2v) is 10.5. The molecule has 0 radical (unpaired) electrons. The van der Waals surface area contributed by atoms with Gasteiger partial charge in [0.1, 0.15) is 23.4 Å². The second-order valence-electron chi connectivity index (χ2n) is 9.43. The lowest BCUT2D eigenvalue weighted by Crippen LogP contribution is -2.27. The summed E-state index contributed by atoms with van der Waals surface area (Å²) < 4.78 is 31.8. The highest BCUT2D eigenvalue weighted by Gasteiger charge is 2.17. The molecule has 0 aliphatic heterocycles. The van der Waals surface area contributed by atoms with Crippen molar-refractivity contribution >= 4 is 50.3 Å². The Morgan fingerprint density at radius 1 is 1.09 bits per heavy atom. The lowest BCUT2D eigenvalue weighted by Gasteiger charge is -2.15. The summed E-state index contributed by atoms with van der Waals surface area (Å²) in [5.41, 5.74) is 3.96. The highest BCUT2D eigenvalue weighted by Crippen LogP contribution is 2.37. The smallest absolute Gasteiger partial charge is 0.412 e. The number of carbonyl (C=O) groups excluding carboxylic acids is 2. The van der Waals surface area contributed by atoms with E-state index < -0.39 is 23.9 Å². The zero-order valence-electron chi connectivity index (χ0n) is 23.4. The lowest BCUT2D eigenvalue weighted by atomic mass is 10.1. The van der Waals surface area contributed by atoms with Crippen LogP contribution in [-0.2, 0) is 4.74 Å². The summed E-state index contributed by atoms with van der Waals surface area (Å²) in [4.78, 5) is 41.7. The van der Waals surface area contributed by atoms with Crippen LogP contribution in [0.2, 0.25) is 0 Å². The first-order chi connectivity index (χ1) is 20.7. The standard InChI is InChI=1S/C29H27FN6O6S/c1-15-8-18(26-22(9-15)35-25(40-3)13-33-26)28-36-21-10-19(30)23(11-24(21)43-28)41-14-16(2)42-29(39)34-17-4-5-20(32-12-17)27(38)31-6-7-37/h4-5,8-13,16,37H,6-7,14H2,1-3H3,(H,31,38)(H,34,39)/t16-/m1/s1. The number of ether oxygens (including phenoxy) is 3. The summed E-state index contributed by atoms with van der Waals surface area (Å²) >= 11 is 1.37. The van der Waals surface area contributed by atoms with Gasteiger partial charge in [-0.2, -0.15) is 0 Å². The number of carbonyl (C=O) groups is 2. The van der Waals surface area contributed by atoms with Crippen LogP contribution in [-0.4, -0.2) is 70.0 Å². The Hall–Kier alpha value is -4.95. The first-order valence-corrected chi connectivity index (χ1v) is 13.9. The number of hydrogen-bond donors (Lipinski definition) is 3. The predicted molar refractivity (Wildman–Crippen MR) is 158 cm³/mol. The van der Waals surface area contributed by atoms with Gasteiger partial charge in [-0.25, -0.2) is 29.1 Å². The first-order valence-electron chi connectivity index (χ1n) is 13.1. The summed E-state index contributed by atoms with van der Waals surface area (Å²) in [6.45, 7) is 3.36. The third-order valence-corrected chi connectivity index (χ3v) is 7.12. The number of halogens is 1. The normalized spacial score (nSPS) is 11.7. The molecule has 222 valence electrons. The average molecular weight is 607 g/mol. The van der Waals surface area contributed by atoms with Crippen molar-refractivity contribution < 1.29 is 33.3 Å². The van der Waals surface area contributed by atoms with Crippen LogP contribution in [0.5, 0.6) is 11.6 Å². The third-order valence-electron chi connectivity index (χ3n) is 6.07. The number of rotatable bonds is 10. The summed E-state index contributed by atoms with van der Waals surface area (Å²) in [7, 11) is 1.53. The summed E-state index contributed by atoms with van der Waals surface area (Å²) in [6, 6.07) is 9.64. The molecule has 5 aromatic rings. The molecule has 2 amide bonds. The third kappa shape index (κ3) is 6.93. The van der Waals surface area contributed by atoms with Crippen molar-refractivity contribution in [2.45, 2.75) is 20.0 Å². The number of hydrogen-bond acceptors (Lipinski definition) is 11. The van der Waals surface area contributed by atoms with Gasteiger partial charge in [-0.1, -0.05) is 0 Å². The Morgan fingerprint density at radius 3 is 2.67 bits per heavy atom. The Labute approximate surface area is 248 Å². The fraction of sp³-hybridized carbons (Fsp3) is 0.241. The van der Waals surface area contributed by atoms with Gasteiger partial charge < -0.3 is 24.6 Å². The minimum Gasteiger partial charge on any atom is -0.487 e. The number of fused-ring (bicyclic) bond motifs is 2. The van der Waals surface area contributed by atoms with Gasteiger partial charge >= 0.3 is 6.09 Å². The van der Waals surface area contributed by atoms with E-state index in [0.717, 1.165) is 11.1 Å². The van der Waals surface area contributed by atoms with Gasteiger partial charge in [0, 0.05) is 24.2 Å². The van der Waals surface area contributed by atoms with E-state index in [9.17, 15) is 14.0 Å². The van der Waals surface area contributed by atoms with Crippen molar-refractivity contribution in [3.8, 4) is 22.2 Å². The summed E-state index contributed by atoms with van der Waals surface area (Å²) in [5, 5.41) is 14.4. The fourth-order valence-corrected chi connectivity index (χ4v) is 5.09. The Bertz CT molecular complexity index is 1800. The summed E-state index contributed by atoms with van der Waals surface area (Å²) in [6.07, 6.45) is 1.34. The number of amides is 2. The summed E-state index contributed by atoms with van der Waals surface area (Å²) in [5.74, 6) is -0.654. The molecule has 0 fully saturated rings. The molecule has 2 aromatic carbocycles. The Balaban J connectivity index is 1.23. The van der Waals surface area contributed by atoms with E-state index >= 15 is 0 Å². The van der Waals surface area contributed by atoms with Crippen molar-refractivity contribution in [2.75, 3.05) is 32.2 Å². The fourth-order valence-electron chi connectivity index (χ4n) is 4.10. The number of pyridine rings is 1. The largest absolute Gasteiger partial charge is 0.487 e. The van der Waals surface area contributed by atoms with Gasteiger partial charge in [-0.3, -0.25) is 10.1 Å². The molecule has 3 N–H and O–H groups in total. The number of benzene rings is 2. The van der Waals surface area contributed by atoms with E-state index in [-0.39, 0.29) is 31.2 Å². The van der Waals surface area contributed by atoms with Crippen LogP contribution in [0.15, 0.2) is 48.8 Å². The molecule has 0 bridgehead atoms. The number of aryl methyl sites for hydroxylation is 1. The number of aromatic nitrogens is 4. The van der Waals surface area contributed by atoms with Crippen LogP contribution in [0.3, 0.4) is 0 Å². The SMILES string of the molecule is COc1cnc2c(-c3nc4cc(F)c(OC[C@@H](C)OC(=O)Nc5ccc(C(=O)NCCO)nc5)cc4s3)cc(C)cc2n1. The Morgan fingerprint density at radius 2 is 1.93 bits per heavy atom. The number of aliphatic hydroxyl groups is 1. The average Bonchev–Trinajstić information content (AvgIpc) is 3.40. The number of methoxy groups -OCH3 is 1. The number of nitrogens with one attached hydrogen (secondary N) is 2. The van der Waals surface area contributed by atoms with E-state index in [2.05, 4.69) is 30.6 Å². The van der Waals surface area contributed by atoms with Crippen LogP contribution >= 0.6 is 11.3 Å². The van der Waals surface area contributed by atoms with E-state index in [0.29, 0.717) is 37.8 Å². The van der Waals surface area contributed by atoms with Gasteiger partial charge in [0.25, 0.3) is 5.91 Å². The first kappa shape index (κ1) is 29.5. The van der Waals surface area contributed by atoms with Crippen LogP contribution in [0, 0.1) is 12.7 Å². The molecule has 0 spiro atoms. The maximum Gasteiger partial charge on any atom is 0.412 e. The van der Waals surface area contributed by atoms with Crippen molar-refractivity contribution in [1.29, 1.82) is 0 Å². The molecule has 0 saturated carbocycles. The molecule has 0 saturated heterocycles. The van der Waals surface area contributed by atoms with E-state index in [1.54, 1.807) is 19.2 Å². The number of thiazole rings is 1. The molecule has 3 aromatic heterocycles. The van der Waals surface area contributed by atoms with Gasteiger partial charge in [-0.15, -0.1) is 11.3 Å². The topological polar surface area (TPSA) is 158 Å². The monoisotopic (exact) mass is 606 g/mol. The van der Waals surface area contributed by atoms with E-state index in [4.69, 9.17) is 19.3 Å². The van der Waals surface area contributed by atoms with Crippen LogP contribution in [0.1, 0.15) is 23.0 Å². The molecule has 12 nitrogen and oxygen atoms in total. The molecule has 0 aliphatic rings. The molecule has 3 heterocycles. The lowest BCUT2D eigenvalue weighted by molar-refractivity contribution is 0.0844. The zero-order valence-corrected chi connectivity index (χ0v) is 24.2. The van der Waals surface area contributed by atoms with Gasteiger partial charge in [0.15, 0.2) is 11.6 Å². The number of nitrogens with zero attached hydrogens (tertiary/aromatic N) is 4. The van der Waals surface area contributed by atoms with Gasteiger partial charge in [0.05, 0.1) is 53.0 Å². The quantitative estimate of drug-likeness (QED) is 0.207. The highest BCUT2D eigenvalue weighted by molar-refractivity contribution is 7.21. The van der Waals surface area contributed by atoms with Crippen molar-refractivity contribution in [3.63, 3.8) is 0 Å². The van der Waals surface area contributed by atoms with Crippen molar-refractivity contribution in [3.05, 3.63) is 65.9 Å². The minimum absolute atomic E-state index is 0.00329. The molecular weight excluding hydrogens is 579 g/mol. The highest BCUT2D eigenvalue weighted by atomic mass is 32.1. The van der Waals surface area contributed by atoms with Crippen LogP contribution in [0.4, 0.5) is 14.9 Å². The molecule has 5 rings (SSSR count). The van der Waals surface area contributed by atoms with E-state index in [1.165, 1.54) is 42.8 Å². The van der Waals surface area contributed by atoms with Gasteiger partial charge in [-0.05, 0) is 43.7 Å². The molecule has 43 heavy (non-hydrogen) atoms. The number of aliphatic hydroxyl groups excluding tert-OH is 1. The maximum absolute atomic E-state index is 14.9. The molecule has 1 atom stereocenters. The van der Waals surface area contributed by atoms with Crippen molar-refractivity contribution in [1.82, 2.24) is 25.3 Å². The second kappa shape index (κ2) is 12.9. The zero-order chi connectivity index (χ0) is 30.5. The molecule has 14 heteroatoms. The maximum atomic E-state index is 14.9. The van der Waals surface area contributed by atoms with Crippen LogP contribution < -0.4 is 20.1 Å². The van der Waals surface area contributed by atoms with Gasteiger partial charge in [0.2, 0.25) is 5.88 Å². The minimum atomic E-state index is -0.774. The van der Waals surface area contributed by atoms with Crippen molar-refractivity contribution in [2.24, 2.45) is 0 Å². The molecule has 0 unspecified atom stereocenters. The Kier molecular flexibility index (Phi) is 8.87. The molecule has 0 aliphatic carbocycles.